The van der Waals surface area contributed by atoms with Crippen molar-refractivity contribution in [1.29, 1.82) is 0 Å². The second-order valence-electron chi connectivity index (χ2n) is 6.50. The Morgan fingerprint density at radius 1 is 0.966 bits per heavy atom. The summed E-state index contributed by atoms with van der Waals surface area (Å²) in [5.41, 5.74) is 6.44. The Kier molecular flexibility index (Phi) is 7.97. The lowest BCUT2D eigenvalue weighted by Crippen LogP contribution is -2.40. The average Bonchev–Trinajstić information content (AvgIpc) is 2.72. The van der Waals surface area contributed by atoms with Crippen molar-refractivity contribution in [3.8, 4) is 5.75 Å². The van der Waals surface area contributed by atoms with Crippen LogP contribution in [0.3, 0.4) is 0 Å². The quantitative estimate of drug-likeness (QED) is 0.496. The number of rotatable bonds is 7. The molecule has 0 radical (unpaired) electrons. The van der Waals surface area contributed by atoms with E-state index in [4.69, 9.17) is 4.74 Å². The van der Waals surface area contributed by atoms with Crippen LogP contribution in [-0.4, -0.2) is 24.3 Å². The summed E-state index contributed by atoms with van der Waals surface area (Å²) >= 11 is 0. The molecule has 0 aromatic heterocycles. The van der Waals surface area contributed by atoms with Crippen LogP contribution >= 0.6 is 0 Å². The van der Waals surface area contributed by atoms with Gasteiger partial charge in [0.15, 0.2) is 0 Å². The molecule has 2 aromatic rings. The molecular weight excluding hydrogens is 370 g/mol. The van der Waals surface area contributed by atoms with Crippen LogP contribution in [0.15, 0.2) is 54.6 Å². The van der Waals surface area contributed by atoms with Gasteiger partial charge in [0.05, 0.1) is 6.61 Å². The number of nitrogens with one attached hydrogen (secondary N) is 3. The van der Waals surface area contributed by atoms with Gasteiger partial charge in [0, 0.05) is 23.2 Å². The Labute approximate surface area is 170 Å². The van der Waals surface area contributed by atoms with E-state index < -0.39 is 11.8 Å². The van der Waals surface area contributed by atoms with Gasteiger partial charge in [-0.2, -0.15) is 0 Å². The molecule has 0 atom stereocenters. The summed E-state index contributed by atoms with van der Waals surface area (Å²) in [6.45, 7) is 6.09. The van der Waals surface area contributed by atoms with Gasteiger partial charge in [0.1, 0.15) is 5.75 Å². The predicted molar refractivity (Wildman–Crippen MR) is 112 cm³/mol. The molecule has 29 heavy (non-hydrogen) atoms. The lowest BCUT2D eigenvalue weighted by atomic mass is 10.1. The van der Waals surface area contributed by atoms with Crippen molar-refractivity contribution in [2.24, 2.45) is 5.92 Å². The molecule has 3 amide bonds. The van der Waals surface area contributed by atoms with Gasteiger partial charge in [0.2, 0.25) is 5.91 Å². The van der Waals surface area contributed by atoms with Crippen molar-refractivity contribution in [2.75, 3.05) is 11.9 Å². The molecule has 0 aliphatic heterocycles. The Morgan fingerprint density at radius 3 is 2.21 bits per heavy atom. The molecule has 2 aromatic carbocycles. The fourth-order valence-corrected chi connectivity index (χ4v) is 2.24. The number of ether oxygens (including phenoxy) is 1. The minimum Gasteiger partial charge on any atom is -0.494 e. The van der Waals surface area contributed by atoms with Crippen molar-refractivity contribution in [1.82, 2.24) is 10.9 Å². The van der Waals surface area contributed by atoms with Gasteiger partial charge >= 0.3 is 0 Å². The van der Waals surface area contributed by atoms with Crippen LogP contribution in [0.25, 0.3) is 6.08 Å². The number of carbonyl (C=O) groups excluding carboxylic acids is 3. The van der Waals surface area contributed by atoms with E-state index in [2.05, 4.69) is 16.2 Å². The number of carbonyl (C=O) groups is 3. The molecule has 0 unspecified atom stereocenters. The number of hydrogen-bond donors (Lipinski definition) is 3. The van der Waals surface area contributed by atoms with Crippen molar-refractivity contribution >= 4 is 29.5 Å². The summed E-state index contributed by atoms with van der Waals surface area (Å²) in [6.07, 6.45) is 2.95. The highest BCUT2D eigenvalue weighted by Crippen LogP contribution is 2.13. The molecule has 0 spiro atoms. The molecule has 0 aliphatic carbocycles. The van der Waals surface area contributed by atoms with Gasteiger partial charge in [-0.15, -0.1) is 0 Å². The minimum atomic E-state index is -0.465. The molecule has 0 heterocycles. The van der Waals surface area contributed by atoms with Gasteiger partial charge in [0.25, 0.3) is 11.8 Å². The molecule has 152 valence electrons. The van der Waals surface area contributed by atoms with Crippen molar-refractivity contribution in [2.45, 2.75) is 20.8 Å². The zero-order valence-corrected chi connectivity index (χ0v) is 16.7. The average molecular weight is 395 g/mol. The molecule has 0 fully saturated rings. The Hall–Kier alpha value is -3.61. The van der Waals surface area contributed by atoms with Crippen LogP contribution in [0.2, 0.25) is 0 Å². The van der Waals surface area contributed by atoms with Gasteiger partial charge in [-0.25, -0.2) is 0 Å². The number of benzene rings is 2. The smallest absolute Gasteiger partial charge is 0.269 e. The summed E-state index contributed by atoms with van der Waals surface area (Å²) in [4.78, 5) is 35.7. The summed E-state index contributed by atoms with van der Waals surface area (Å²) in [7, 11) is 0. The topological polar surface area (TPSA) is 96.5 Å². The first kappa shape index (κ1) is 21.7. The van der Waals surface area contributed by atoms with Crippen LogP contribution in [0.5, 0.6) is 5.75 Å². The molecule has 2 rings (SSSR count). The van der Waals surface area contributed by atoms with Gasteiger partial charge in [-0.05, 0) is 55.0 Å². The fraction of sp³-hybridized carbons (Fsp3) is 0.227. The first-order valence-corrected chi connectivity index (χ1v) is 9.31. The monoisotopic (exact) mass is 395 g/mol. The second-order valence-corrected chi connectivity index (χ2v) is 6.50. The maximum Gasteiger partial charge on any atom is 0.269 e. The zero-order chi connectivity index (χ0) is 21.2. The molecule has 0 aliphatic rings. The summed E-state index contributed by atoms with van der Waals surface area (Å²) in [5.74, 6) is -0.406. The van der Waals surface area contributed by atoms with Crippen LogP contribution in [-0.2, 0) is 9.59 Å². The van der Waals surface area contributed by atoms with E-state index in [1.165, 1.54) is 6.08 Å². The maximum absolute atomic E-state index is 12.1. The van der Waals surface area contributed by atoms with Crippen molar-refractivity contribution in [3.63, 3.8) is 0 Å². The van der Waals surface area contributed by atoms with Gasteiger partial charge in [-0.1, -0.05) is 26.0 Å². The lowest BCUT2D eigenvalue weighted by molar-refractivity contribution is -0.119. The lowest BCUT2D eigenvalue weighted by Gasteiger charge is -2.09. The normalized spacial score (nSPS) is 10.6. The first-order valence-electron chi connectivity index (χ1n) is 9.31. The molecule has 7 heteroatoms. The van der Waals surface area contributed by atoms with E-state index in [1.807, 2.05) is 31.2 Å². The van der Waals surface area contributed by atoms with E-state index in [-0.39, 0.29) is 11.8 Å². The maximum atomic E-state index is 12.1. The Balaban J connectivity index is 1.83. The predicted octanol–water partition coefficient (Wildman–Crippen LogP) is 3.15. The van der Waals surface area contributed by atoms with Crippen molar-refractivity contribution in [3.05, 3.63) is 65.7 Å². The first-order chi connectivity index (χ1) is 13.9. The Morgan fingerprint density at radius 2 is 1.62 bits per heavy atom. The zero-order valence-electron chi connectivity index (χ0n) is 16.7. The second kappa shape index (κ2) is 10.7. The van der Waals surface area contributed by atoms with Crippen LogP contribution in [0.1, 0.15) is 36.7 Å². The van der Waals surface area contributed by atoms with E-state index >= 15 is 0 Å². The third kappa shape index (κ3) is 7.14. The van der Waals surface area contributed by atoms with Crippen LogP contribution in [0, 0.1) is 5.92 Å². The fourth-order valence-electron chi connectivity index (χ4n) is 2.24. The molecule has 0 bridgehead atoms. The highest BCUT2D eigenvalue weighted by Gasteiger charge is 2.09. The van der Waals surface area contributed by atoms with E-state index in [1.54, 1.807) is 44.2 Å². The highest BCUT2D eigenvalue weighted by atomic mass is 16.5. The summed E-state index contributed by atoms with van der Waals surface area (Å²) < 4.78 is 5.36. The van der Waals surface area contributed by atoms with E-state index in [9.17, 15) is 14.4 Å². The molecular formula is C22H25N3O4. The number of anilines is 1. The SMILES string of the molecule is CCOc1ccc(/C=C/C(=O)NNC(=O)c2ccc(NC(=O)C(C)C)cc2)cc1. The van der Waals surface area contributed by atoms with Crippen LogP contribution < -0.4 is 20.9 Å². The van der Waals surface area contributed by atoms with Gasteiger partial charge in [-0.3, -0.25) is 25.2 Å². The third-order valence-electron chi connectivity index (χ3n) is 3.86. The number of hydrogen-bond acceptors (Lipinski definition) is 4. The summed E-state index contributed by atoms with van der Waals surface area (Å²) in [5, 5.41) is 2.74. The van der Waals surface area contributed by atoms with Gasteiger partial charge < -0.3 is 10.1 Å². The Bertz CT molecular complexity index is 872. The molecule has 0 saturated carbocycles. The molecule has 7 nitrogen and oxygen atoms in total. The largest absolute Gasteiger partial charge is 0.494 e. The van der Waals surface area contributed by atoms with Crippen LogP contribution in [0.4, 0.5) is 5.69 Å². The molecule has 3 N–H and O–H groups in total. The van der Waals surface area contributed by atoms with Crippen molar-refractivity contribution < 1.29 is 19.1 Å². The van der Waals surface area contributed by atoms with E-state index in [0.717, 1.165) is 11.3 Å². The highest BCUT2D eigenvalue weighted by molar-refractivity contribution is 5.98. The van der Waals surface area contributed by atoms with E-state index in [0.29, 0.717) is 17.9 Å². The molecule has 0 saturated heterocycles. The third-order valence-corrected chi connectivity index (χ3v) is 3.86. The number of hydrazine groups is 1. The summed E-state index contributed by atoms with van der Waals surface area (Å²) in [6, 6.07) is 13.7. The minimum absolute atomic E-state index is 0.103. The standard InChI is InChI=1S/C22H25N3O4/c1-4-29-19-12-5-16(6-13-19)7-14-20(26)24-25-22(28)17-8-10-18(11-9-17)23-21(27)15(2)3/h5-15H,4H2,1-3H3,(H,23,27)(H,24,26)(H,25,28)/b14-7+. The number of amides is 3.